The summed E-state index contributed by atoms with van der Waals surface area (Å²) < 4.78 is 24.5. The maximum Gasteiger partial charge on any atom is 0.179 e. The maximum absolute atomic E-state index is 12.3. The largest absolute Gasteiger partial charge is 0.326 e. The molecule has 2 N–H and O–H groups in total. The van der Waals surface area contributed by atoms with Crippen LogP contribution in [0.5, 0.6) is 0 Å². The summed E-state index contributed by atoms with van der Waals surface area (Å²) >= 11 is 0. The van der Waals surface area contributed by atoms with Gasteiger partial charge in [-0.3, -0.25) is 0 Å². The molecular weight excluding hydrogens is 246 g/mol. The monoisotopic (exact) mass is 269 g/mol. The molecule has 0 bridgehead atoms. The molecule has 0 saturated carbocycles. The van der Waals surface area contributed by atoms with Crippen molar-refractivity contribution in [3.05, 3.63) is 29.3 Å². The van der Waals surface area contributed by atoms with E-state index in [4.69, 9.17) is 5.73 Å². The molecule has 0 aliphatic rings. The van der Waals surface area contributed by atoms with Crippen LogP contribution in [0.4, 0.5) is 0 Å². The molecular formula is C14H23NO2S. The number of benzene rings is 1. The molecule has 0 aliphatic carbocycles. The molecule has 0 amide bonds. The van der Waals surface area contributed by atoms with Crippen LogP contribution in [-0.2, 0) is 9.84 Å². The Morgan fingerprint density at radius 1 is 1.17 bits per heavy atom. The lowest BCUT2D eigenvalue weighted by atomic mass is 9.89. The van der Waals surface area contributed by atoms with Gasteiger partial charge in [0.15, 0.2) is 9.84 Å². The smallest absolute Gasteiger partial charge is 0.179 e. The van der Waals surface area contributed by atoms with E-state index in [1.54, 1.807) is 12.1 Å². The minimum absolute atomic E-state index is 0.0149. The molecule has 1 unspecified atom stereocenters. The highest BCUT2D eigenvalue weighted by atomic mass is 32.2. The number of nitrogens with two attached hydrogens (primary N) is 1. The number of sulfone groups is 1. The second kappa shape index (κ2) is 5.02. The van der Waals surface area contributed by atoms with Gasteiger partial charge >= 0.3 is 0 Å². The molecule has 1 aromatic carbocycles. The van der Waals surface area contributed by atoms with Crippen molar-refractivity contribution in [2.24, 2.45) is 11.1 Å². The summed E-state index contributed by atoms with van der Waals surface area (Å²) in [6.07, 6.45) is 0. The summed E-state index contributed by atoms with van der Waals surface area (Å²) in [7, 11) is -3.31. The standard InChI is InChI=1S/C14H23NO2S/c1-10-6-7-12(8-11(10)2)18(16,17)9-13(15)14(3,4)5/h6-8,13H,9,15H2,1-5H3. The average molecular weight is 269 g/mol. The van der Waals surface area contributed by atoms with Crippen molar-refractivity contribution in [2.45, 2.75) is 45.6 Å². The Kier molecular flexibility index (Phi) is 4.23. The lowest BCUT2D eigenvalue weighted by Crippen LogP contribution is -2.41. The number of aryl methyl sites for hydroxylation is 2. The Morgan fingerprint density at radius 2 is 1.72 bits per heavy atom. The van der Waals surface area contributed by atoms with Crippen LogP contribution in [0.2, 0.25) is 0 Å². The third kappa shape index (κ3) is 3.56. The van der Waals surface area contributed by atoms with Crippen molar-refractivity contribution >= 4 is 9.84 Å². The van der Waals surface area contributed by atoms with Crippen LogP contribution in [0.1, 0.15) is 31.9 Å². The summed E-state index contributed by atoms with van der Waals surface area (Å²) in [6.45, 7) is 9.74. The van der Waals surface area contributed by atoms with Gasteiger partial charge in [0.1, 0.15) is 0 Å². The average Bonchev–Trinajstić information content (AvgIpc) is 2.19. The van der Waals surface area contributed by atoms with E-state index >= 15 is 0 Å². The fourth-order valence-corrected chi connectivity index (χ4v) is 3.29. The highest BCUT2D eigenvalue weighted by Gasteiger charge is 2.27. The minimum Gasteiger partial charge on any atom is -0.326 e. The van der Waals surface area contributed by atoms with Gasteiger partial charge in [-0.15, -0.1) is 0 Å². The van der Waals surface area contributed by atoms with Crippen molar-refractivity contribution in [1.29, 1.82) is 0 Å². The second-order valence-corrected chi connectivity index (χ2v) is 8.03. The first-order chi connectivity index (χ1) is 8.04. The van der Waals surface area contributed by atoms with Crippen molar-refractivity contribution in [1.82, 2.24) is 0 Å². The summed E-state index contributed by atoms with van der Waals surface area (Å²) in [5.74, 6) is -0.0149. The predicted octanol–water partition coefficient (Wildman–Crippen LogP) is 2.45. The van der Waals surface area contributed by atoms with Crippen LogP contribution in [-0.4, -0.2) is 20.2 Å². The fourth-order valence-electron chi connectivity index (χ4n) is 1.49. The summed E-state index contributed by atoms with van der Waals surface area (Å²) in [5, 5.41) is 0. The van der Waals surface area contributed by atoms with E-state index in [1.807, 2.05) is 40.7 Å². The molecule has 1 rings (SSSR count). The highest BCUT2D eigenvalue weighted by molar-refractivity contribution is 7.91. The highest BCUT2D eigenvalue weighted by Crippen LogP contribution is 2.22. The summed E-state index contributed by atoms with van der Waals surface area (Å²) in [5.41, 5.74) is 7.83. The Morgan fingerprint density at radius 3 is 2.17 bits per heavy atom. The molecule has 0 radical (unpaired) electrons. The predicted molar refractivity (Wildman–Crippen MR) is 75.4 cm³/mol. The quantitative estimate of drug-likeness (QED) is 0.917. The van der Waals surface area contributed by atoms with Crippen molar-refractivity contribution in [2.75, 3.05) is 5.75 Å². The molecule has 4 heteroatoms. The first kappa shape index (κ1) is 15.2. The van der Waals surface area contributed by atoms with Crippen LogP contribution >= 0.6 is 0 Å². The number of hydrogen-bond acceptors (Lipinski definition) is 3. The molecule has 0 saturated heterocycles. The molecule has 0 heterocycles. The van der Waals surface area contributed by atoms with E-state index in [1.165, 1.54) is 0 Å². The van der Waals surface area contributed by atoms with Gasteiger partial charge in [-0.1, -0.05) is 26.8 Å². The molecule has 0 aromatic heterocycles. The molecule has 0 spiro atoms. The Labute approximate surface area is 110 Å². The molecule has 1 aromatic rings. The van der Waals surface area contributed by atoms with E-state index < -0.39 is 9.84 Å². The summed E-state index contributed by atoms with van der Waals surface area (Å²) in [6, 6.07) is 4.85. The van der Waals surface area contributed by atoms with Crippen LogP contribution in [0, 0.1) is 19.3 Å². The van der Waals surface area contributed by atoms with Gasteiger partial charge in [0.2, 0.25) is 0 Å². The fraction of sp³-hybridized carbons (Fsp3) is 0.571. The molecule has 18 heavy (non-hydrogen) atoms. The minimum atomic E-state index is -3.31. The van der Waals surface area contributed by atoms with Gasteiger partial charge in [-0.25, -0.2) is 8.42 Å². The van der Waals surface area contributed by atoms with Gasteiger partial charge in [0.25, 0.3) is 0 Å². The number of hydrogen-bond donors (Lipinski definition) is 1. The molecule has 0 aliphatic heterocycles. The van der Waals surface area contributed by atoms with Gasteiger partial charge < -0.3 is 5.73 Å². The zero-order chi connectivity index (χ0) is 14.1. The zero-order valence-electron chi connectivity index (χ0n) is 11.8. The third-order valence-corrected chi connectivity index (χ3v) is 5.12. The Bertz CT molecular complexity index is 527. The van der Waals surface area contributed by atoms with E-state index in [0.29, 0.717) is 4.90 Å². The Balaban J connectivity index is 3.04. The SMILES string of the molecule is Cc1ccc(S(=O)(=O)CC(N)C(C)(C)C)cc1C. The van der Waals surface area contributed by atoms with Crippen LogP contribution in [0.25, 0.3) is 0 Å². The lowest BCUT2D eigenvalue weighted by Gasteiger charge is -2.26. The van der Waals surface area contributed by atoms with E-state index in [2.05, 4.69) is 0 Å². The van der Waals surface area contributed by atoms with Crippen molar-refractivity contribution < 1.29 is 8.42 Å². The first-order valence-corrected chi connectivity index (χ1v) is 7.75. The Hall–Kier alpha value is -0.870. The summed E-state index contributed by atoms with van der Waals surface area (Å²) in [4.78, 5) is 0.366. The molecule has 102 valence electrons. The second-order valence-electron chi connectivity index (χ2n) is 6.00. The lowest BCUT2D eigenvalue weighted by molar-refractivity contribution is 0.340. The first-order valence-electron chi connectivity index (χ1n) is 6.09. The van der Waals surface area contributed by atoms with Crippen LogP contribution in [0.15, 0.2) is 23.1 Å². The van der Waals surface area contributed by atoms with Gasteiger partial charge in [0.05, 0.1) is 10.6 Å². The zero-order valence-corrected chi connectivity index (χ0v) is 12.6. The number of rotatable bonds is 3. The van der Waals surface area contributed by atoms with Crippen molar-refractivity contribution in [3.8, 4) is 0 Å². The van der Waals surface area contributed by atoms with Gasteiger partial charge in [0, 0.05) is 6.04 Å². The van der Waals surface area contributed by atoms with Gasteiger partial charge in [-0.2, -0.15) is 0 Å². The molecule has 3 nitrogen and oxygen atoms in total. The van der Waals surface area contributed by atoms with Gasteiger partial charge in [-0.05, 0) is 42.5 Å². The van der Waals surface area contributed by atoms with E-state index in [0.717, 1.165) is 11.1 Å². The normalized spacial score (nSPS) is 14.6. The van der Waals surface area contributed by atoms with Crippen molar-refractivity contribution in [3.63, 3.8) is 0 Å². The van der Waals surface area contributed by atoms with E-state index in [9.17, 15) is 8.42 Å². The topological polar surface area (TPSA) is 60.2 Å². The van der Waals surface area contributed by atoms with Crippen LogP contribution < -0.4 is 5.73 Å². The molecule has 1 atom stereocenters. The van der Waals surface area contributed by atoms with E-state index in [-0.39, 0.29) is 17.2 Å². The third-order valence-electron chi connectivity index (χ3n) is 3.35. The molecule has 0 fully saturated rings. The maximum atomic E-state index is 12.3. The van der Waals surface area contributed by atoms with Crippen LogP contribution in [0.3, 0.4) is 0 Å².